The van der Waals surface area contributed by atoms with Gasteiger partial charge < -0.3 is 10.2 Å². The normalized spacial score (nSPS) is 24.4. The van der Waals surface area contributed by atoms with E-state index in [0.29, 0.717) is 22.4 Å². The van der Waals surface area contributed by atoms with Crippen LogP contribution in [0.2, 0.25) is 5.02 Å². The molecule has 0 bridgehead atoms. The molecule has 2 aliphatic rings. The summed E-state index contributed by atoms with van der Waals surface area (Å²) in [5.41, 5.74) is 0.640. The second-order valence-corrected chi connectivity index (χ2v) is 6.52. The minimum atomic E-state index is 0. The quantitative estimate of drug-likeness (QED) is 0.845. The van der Waals surface area contributed by atoms with Gasteiger partial charge in [0, 0.05) is 31.1 Å². The fourth-order valence-corrected chi connectivity index (χ4v) is 3.63. The molecule has 3 nitrogen and oxygen atoms in total. The van der Waals surface area contributed by atoms with E-state index in [1.807, 2.05) is 29.4 Å². The third kappa shape index (κ3) is 2.93. The number of hydrogen-bond acceptors (Lipinski definition) is 3. The third-order valence-corrected chi connectivity index (χ3v) is 5.14. The van der Waals surface area contributed by atoms with Crippen LogP contribution in [0.15, 0.2) is 23.1 Å². The molecule has 2 saturated heterocycles. The van der Waals surface area contributed by atoms with Crippen LogP contribution >= 0.6 is 35.8 Å². The van der Waals surface area contributed by atoms with Crippen LogP contribution in [0.1, 0.15) is 10.4 Å². The number of rotatable bonds is 2. The van der Waals surface area contributed by atoms with Crippen molar-refractivity contribution in [1.82, 2.24) is 10.2 Å². The van der Waals surface area contributed by atoms with Crippen molar-refractivity contribution in [3.63, 3.8) is 0 Å². The highest BCUT2D eigenvalue weighted by Crippen LogP contribution is 2.30. The van der Waals surface area contributed by atoms with Gasteiger partial charge >= 0.3 is 0 Å². The van der Waals surface area contributed by atoms with Crippen LogP contribution in [0.4, 0.5) is 0 Å². The zero-order chi connectivity index (χ0) is 13.4. The molecule has 1 amide bonds. The molecule has 1 aromatic carbocycles. The van der Waals surface area contributed by atoms with Gasteiger partial charge in [0.15, 0.2) is 0 Å². The molecular weight excluding hydrogens is 315 g/mol. The third-order valence-electron chi connectivity index (χ3n) is 4.08. The van der Waals surface area contributed by atoms with Gasteiger partial charge in [-0.05, 0) is 36.3 Å². The molecule has 6 heteroatoms. The lowest BCUT2D eigenvalue weighted by Gasteiger charge is -2.18. The Hall–Kier alpha value is -0.420. The minimum Gasteiger partial charge on any atom is -0.338 e. The Morgan fingerprint density at radius 3 is 2.60 bits per heavy atom. The first-order chi connectivity index (χ1) is 9.19. The van der Waals surface area contributed by atoms with Crippen molar-refractivity contribution in [2.75, 3.05) is 32.4 Å². The molecule has 0 saturated carbocycles. The monoisotopic (exact) mass is 332 g/mol. The van der Waals surface area contributed by atoms with Gasteiger partial charge in [-0.15, -0.1) is 24.2 Å². The summed E-state index contributed by atoms with van der Waals surface area (Å²) in [4.78, 5) is 15.6. The molecule has 110 valence electrons. The Kier molecular flexibility index (Phi) is 5.24. The van der Waals surface area contributed by atoms with E-state index in [2.05, 4.69) is 5.32 Å². The van der Waals surface area contributed by atoms with Crippen molar-refractivity contribution in [2.45, 2.75) is 4.90 Å². The molecule has 2 fully saturated rings. The maximum Gasteiger partial charge on any atom is 0.255 e. The van der Waals surface area contributed by atoms with Crippen LogP contribution in [-0.4, -0.2) is 43.2 Å². The molecule has 0 unspecified atom stereocenters. The predicted molar refractivity (Wildman–Crippen MR) is 86.2 cm³/mol. The summed E-state index contributed by atoms with van der Waals surface area (Å²) in [7, 11) is 0. The summed E-state index contributed by atoms with van der Waals surface area (Å²) in [5, 5.41) is 3.94. The Morgan fingerprint density at radius 1 is 1.35 bits per heavy atom. The summed E-state index contributed by atoms with van der Waals surface area (Å²) < 4.78 is 0. The van der Waals surface area contributed by atoms with Gasteiger partial charge in [0.05, 0.1) is 10.6 Å². The number of benzene rings is 1. The molecule has 2 heterocycles. The number of hydrogen-bond donors (Lipinski definition) is 1. The SMILES string of the molecule is CSc1ccc(Cl)c(C(=O)N2C[C@H]3CNC[C@H]3C2)c1.Cl. The van der Waals surface area contributed by atoms with Gasteiger partial charge in [-0.25, -0.2) is 0 Å². The number of fused-ring (bicyclic) bond motifs is 1. The standard InChI is InChI=1S/C14H17ClN2OS.ClH/c1-19-11-2-3-13(15)12(4-11)14(18)17-7-9-5-16-6-10(9)8-17;/h2-4,9-10,16H,5-8H2,1H3;1H/t9-,10+;. The topological polar surface area (TPSA) is 32.3 Å². The predicted octanol–water partition coefficient (Wildman–Crippen LogP) is 2.78. The van der Waals surface area contributed by atoms with E-state index in [1.165, 1.54) is 0 Å². The Morgan fingerprint density at radius 2 is 2.00 bits per heavy atom. The van der Waals surface area contributed by atoms with E-state index < -0.39 is 0 Å². The Labute approximate surface area is 134 Å². The highest BCUT2D eigenvalue weighted by Gasteiger charge is 2.38. The molecule has 0 spiro atoms. The number of nitrogens with one attached hydrogen (secondary N) is 1. The fourth-order valence-electron chi connectivity index (χ4n) is 2.99. The second-order valence-electron chi connectivity index (χ2n) is 5.23. The minimum absolute atomic E-state index is 0. The molecule has 0 radical (unpaired) electrons. The summed E-state index contributed by atoms with van der Waals surface area (Å²) >= 11 is 7.81. The van der Waals surface area contributed by atoms with Crippen molar-refractivity contribution in [3.05, 3.63) is 28.8 Å². The summed E-state index contributed by atoms with van der Waals surface area (Å²) in [6, 6.07) is 5.67. The summed E-state index contributed by atoms with van der Waals surface area (Å²) in [6.45, 7) is 3.78. The molecule has 0 aliphatic carbocycles. The maximum absolute atomic E-state index is 12.6. The lowest BCUT2D eigenvalue weighted by Crippen LogP contribution is -2.32. The van der Waals surface area contributed by atoms with Gasteiger partial charge in [-0.1, -0.05) is 11.6 Å². The van der Waals surface area contributed by atoms with Crippen molar-refractivity contribution >= 4 is 41.7 Å². The highest BCUT2D eigenvalue weighted by atomic mass is 35.5. The smallest absolute Gasteiger partial charge is 0.255 e. The Balaban J connectivity index is 0.00000147. The number of halogens is 2. The zero-order valence-corrected chi connectivity index (χ0v) is 13.7. The van der Waals surface area contributed by atoms with Crippen molar-refractivity contribution in [1.29, 1.82) is 0 Å². The van der Waals surface area contributed by atoms with E-state index in [9.17, 15) is 4.79 Å². The molecule has 0 aromatic heterocycles. The number of carbonyl (C=O) groups is 1. The molecular formula is C14H18Cl2N2OS. The number of nitrogens with zero attached hydrogens (tertiary/aromatic N) is 1. The molecule has 3 rings (SSSR count). The van der Waals surface area contributed by atoms with Crippen LogP contribution in [0.25, 0.3) is 0 Å². The highest BCUT2D eigenvalue weighted by molar-refractivity contribution is 7.98. The molecule has 1 aromatic rings. The summed E-state index contributed by atoms with van der Waals surface area (Å²) in [6.07, 6.45) is 2.00. The van der Waals surface area contributed by atoms with Gasteiger partial charge in [-0.3, -0.25) is 4.79 Å². The van der Waals surface area contributed by atoms with E-state index in [-0.39, 0.29) is 18.3 Å². The first-order valence-electron chi connectivity index (χ1n) is 6.52. The average molecular weight is 333 g/mol. The van der Waals surface area contributed by atoms with Gasteiger partial charge in [0.25, 0.3) is 5.91 Å². The van der Waals surface area contributed by atoms with Crippen LogP contribution in [0, 0.1) is 11.8 Å². The lowest BCUT2D eigenvalue weighted by atomic mass is 10.0. The number of thioether (sulfide) groups is 1. The molecule has 1 N–H and O–H groups in total. The summed E-state index contributed by atoms with van der Waals surface area (Å²) in [5.74, 6) is 1.31. The van der Waals surface area contributed by atoms with Crippen molar-refractivity contribution in [2.24, 2.45) is 11.8 Å². The molecule has 2 aliphatic heterocycles. The van der Waals surface area contributed by atoms with Gasteiger partial charge in [0.2, 0.25) is 0 Å². The molecule has 2 atom stereocenters. The van der Waals surface area contributed by atoms with Crippen LogP contribution in [0.5, 0.6) is 0 Å². The fraction of sp³-hybridized carbons (Fsp3) is 0.500. The largest absolute Gasteiger partial charge is 0.338 e. The second kappa shape index (κ2) is 6.56. The van der Waals surface area contributed by atoms with E-state index in [0.717, 1.165) is 31.1 Å². The van der Waals surface area contributed by atoms with Crippen LogP contribution in [-0.2, 0) is 0 Å². The van der Waals surface area contributed by atoms with E-state index in [1.54, 1.807) is 11.8 Å². The van der Waals surface area contributed by atoms with Gasteiger partial charge in [0.1, 0.15) is 0 Å². The Bertz CT molecular complexity index is 500. The zero-order valence-electron chi connectivity index (χ0n) is 11.3. The van der Waals surface area contributed by atoms with E-state index in [4.69, 9.17) is 11.6 Å². The first kappa shape index (κ1) is 16.0. The van der Waals surface area contributed by atoms with E-state index >= 15 is 0 Å². The van der Waals surface area contributed by atoms with Crippen LogP contribution < -0.4 is 5.32 Å². The maximum atomic E-state index is 12.6. The number of amides is 1. The number of carbonyl (C=O) groups excluding carboxylic acids is 1. The lowest BCUT2D eigenvalue weighted by molar-refractivity contribution is 0.0781. The average Bonchev–Trinajstić information content (AvgIpc) is 2.99. The molecule has 20 heavy (non-hydrogen) atoms. The van der Waals surface area contributed by atoms with Crippen molar-refractivity contribution < 1.29 is 4.79 Å². The van der Waals surface area contributed by atoms with Gasteiger partial charge in [-0.2, -0.15) is 0 Å². The number of likely N-dealkylation sites (tertiary alicyclic amines) is 1. The first-order valence-corrected chi connectivity index (χ1v) is 8.13. The van der Waals surface area contributed by atoms with Crippen LogP contribution in [0.3, 0.4) is 0 Å². The van der Waals surface area contributed by atoms with Crippen molar-refractivity contribution in [3.8, 4) is 0 Å².